The minimum absolute atomic E-state index is 0.132. The summed E-state index contributed by atoms with van der Waals surface area (Å²) in [6.07, 6.45) is 0. The fourth-order valence-electron chi connectivity index (χ4n) is 1.28. The molecule has 0 radical (unpaired) electrons. The summed E-state index contributed by atoms with van der Waals surface area (Å²) in [5, 5.41) is 29.8. The summed E-state index contributed by atoms with van der Waals surface area (Å²) in [6.45, 7) is 0. The molecule has 0 atom stereocenters. The van der Waals surface area contributed by atoms with E-state index in [4.69, 9.17) is 10.6 Å². The summed E-state index contributed by atoms with van der Waals surface area (Å²) in [5.74, 6) is 1.30. The molecule has 0 saturated heterocycles. The van der Waals surface area contributed by atoms with Gasteiger partial charge in [0.15, 0.2) is 5.75 Å². The Morgan fingerprint density at radius 3 is 2.48 bits per heavy atom. The Labute approximate surface area is 122 Å². The third-order valence-corrected chi connectivity index (χ3v) is 2.66. The van der Waals surface area contributed by atoms with Crippen molar-refractivity contribution in [2.45, 2.75) is 11.4 Å². The molecule has 8 nitrogen and oxygen atoms in total. The van der Waals surface area contributed by atoms with E-state index < -0.39 is 29.0 Å². The maximum atomic E-state index is 13.3. The van der Waals surface area contributed by atoms with E-state index in [0.29, 0.717) is 5.01 Å². The molecule has 21 heavy (non-hydrogen) atoms. The zero-order valence-corrected chi connectivity index (χ0v) is 11.8. The first-order valence-electron chi connectivity index (χ1n) is 5.92. The van der Waals surface area contributed by atoms with Crippen molar-refractivity contribution in [3.63, 3.8) is 0 Å². The maximum absolute atomic E-state index is 13.3. The minimum Gasteiger partial charge on any atom is -0.436 e. The summed E-state index contributed by atoms with van der Waals surface area (Å²) in [6, 6.07) is 2.17. The average molecular weight is 299 g/mol. The second kappa shape index (κ2) is 5.90. The zero-order chi connectivity index (χ0) is 16.4. The standard InChI is InChI=1S/C10H16B2FN3O5/c1-15-8(17)16(14)6-3-2-5(13)4-7(6)21-10(19,20)9(11,12)18/h2-4,18-20H,11-12,14H2,1H3,(H,15,17). The number of hydrogen-bond donors (Lipinski definition) is 5. The molecule has 1 aromatic carbocycles. The number of benzene rings is 1. The van der Waals surface area contributed by atoms with Crippen LogP contribution in [0.5, 0.6) is 5.75 Å². The largest absolute Gasteiger partial charge is 0.436 e. The Balaban J connectivity index is 3.23. The van der Waals surface area contributed by atoms with Crippen LogP contribution >= 0.6 is 0 Å². The Bertz CT molecular complexity index is 538. The van der Waals surface area contributed by atoms with Crippen LogP contribution in [0.1, 0.15) is 0 Å². The second-order valence-electron chi connectivity index (χ2n) is 4.81. The smallest absolute Gasteiger partial charge is 0.336 e. The van der Waals surface area contributed by atoms with Crippen LogP contribution in [0.3, 0.4) is 0 Å². The third kappa shape index (κ3) is 3.85. The van der Waals surface area contributed by atoms with E-state index in [1.807, 2.05) is 0 Å². The lowest BCUT2D eigenvalue weighted by atomic mass is 9.63. The molecule has 0 heterocycles. The van der Waals surface area contributed by atoms with Gasteiger partial charge in [0.25, 0.3) is 0 Å². The highest BCUT2D eigenvalue weighted by molar-refractivity contribution is 6.39. The Hall–Kier alpha value is -1.81. The number of nitrogens with two attached hydrogens (primary N) is 1. The molecule has 114 valence electrons. The number of ether oxygens (including phenoxy) is 1. The third-order valence-electron chi connectivity index (χ3n) is 2.66. The minimum atomic E-state index is -3.03. The van der Waals surface area contributed by atoms with Crippen molar-refractivity contribution in [3.05, 3.63) is 24.0 Å². The molecule has 1 aromatic rings. The fourth-order valence-corrected chi connectivity index (χ4v) is 1.28. The normalized spacial score (nSPS) is 11.9. The summed E-state index contributed by atoms with van der Waals surface area (Å²) < 4.78 is 18.1. The number of carbonyl (C=O) groups is 1. The number of hydrogen-bond acceptors (Lipinski definition) is 6. The van der Waals surface area contributed by atoms with Crippen molar-refractivity contribution in [2.24, 2.45) is 5.84 Å². The first kappa shape index (κ1) is 17.2. The first-order chi connectivity index (χ1) is 9.49. The van der Waals surface area contributed by atoms with Crippen LogP contribution in [0.2, 0.25) is 0 Å². The predicted molar refractivity (Wildman–Crippen MR) is 77.4 cm³/mol. The average Bonchev–Trinajstić information content (AvgIpc) is 2.35. The van der Waals surface area contributed by atoms with E-state index in [0.717, 1.165) is 33.9 Å². The van der Waals surface area contributed by atoms with Crippen molar-refractivity contribution < 1.29 is 29.2 Å². The molecule has 0 bridgehead atoms. The topological polar surface area (TPSA) is 128 Å². The van der Waals surface area contributed by atoms with Crippen molar-refractivity contribution in [1.82, 2.24) is 5.32 Å². The molecule has 2 amide bonds. The highest BCUT2D eigenvalue weighted by Crippen LogP contribution is 2.31. The zero-order valence-electron chi connectivity index (χ0n) is 11.8. The monoisotopic (exact) mass is 299 g/mol. The van der Waals surface area contributed by atoms with Gasteiger partial charge in [0.1, 0.15) is 27.2 Å². The number of nitrogens with zero attached hydrogens (tertiary/aromatic N) is 1. The molecule has 11 heteroatoms. The number of aliphatic hydroxyl groups is 3. The Morgan fingerprint density at radius 2 is 2.00 bits per heavy atom. The van der Waals surface area contributed by atoms with Crippen molar-refractivity contribution >= 4 is 27.4 Å². The number of halogens is 1. The lowest BCUT2D eigenvalue weighted by molar-refractivity contribution is -0.331. The van der Waals surface area contributed by atoms with Gasteiger partial charge in [-0.05, 0) is 12.1 Å². The Kier molecular flexibility index (Phi) is 4.84. The number of urea groups is 1. The summed E-state index contributed by atoms with van der Waals surface area (Å²) in [7, 11) is 3.47. The second-order valence-corrected chi connectivity index (χ2v) is 4.81. The van der Waals surface area contributed by atoms with Crippen molar-refractivity contribution in [3.8, 4) is 5.75 Å². The molecule has 0 spiro atoms. The highest BCUT2D eigenvalue weighted by atomic mass is 19.1. The predicted octanol–water partition coefficient (Wildman–Crippen LogP) is -3.23. The molecule has 0 aromatic heterocycles. The molecule has 0 aliphatic rings. The molecular weight excluding hydrogens is 283 g/mol. The summed E-state index contributed by atoms with van der Waals surface area (Å²) >= 11 is 0. The summed E-state index contributed by atoms with van der Waals surface area (Å²) in [4.78, 5) is 11.5. The van der Waals surface area contributed by atoms with E-state index in [-0.39, 0.29) is 5.69 Å². The molecule has 1 rings (SSSR count). The van der Waals surface area contributed by atoms with E-state index in [1.54, 1.807) is 0 Å². The van der Waals surface area contributed by atoms with Gasteiger partial charge >= 0.3 is 12.0 Å². The molecular formula is C10H16B2FN3O5. The van der Waals surface area contributed by atoms with Crippen LogP contribution in [0, 0.1) is 5.82 Å². The lowest BCUT2D eigenvalue weighted by Crippen LogP contribution is -2.59. The van der Waals surface area contributed by atoms with E-state index >= 15 is 0 Å². The van der Waals surface area contributed by atoms with Crippen molar-refractivity contribution in [2.75, 3.05) is 12.1 Å². The van der Waals surface area contributed by atoms with Gasteiger partial charge in [-0.2, -0.15) is 0 Å². The van der Waals surface area contributed by atoms with E-state index in [1.165, 1.54) is 7.05 Å². The van der Waals surface area contributed by atoms with Gasteiger partial charge in [-0.3, -0.25) is 0 Å². The number of carbonyl (C=O) groups excluding carboxylic acids is 1. The van der Waals surface area contributed by atoms with Crippen LogP contribution in [-0.2, 0) is 0 Å². The molecule has 0 fully saturated rings. The molecule has 0 saturated carbocycles. The van der Waals surface area contributed by atoms with Gasteiger partial charge in [-0.1, -0.05) is 0 Å². The van der Waals surface area contributed by atoms with Crippen LogP contribution in [0.4, 0.5) is 14.9 Å². The van der Waals surface area contributed by atoms with Crippen LogP contribution < -0.4 is 20.9 Å². The van der Waals surface area contributed by atoms with Gasteiger partial charge < -0.3 is 25.4 Å². The van der Waals surface area contributed by atoms with E-state index in [9.17, 15) is 24.5 Å². The summed E-state index contributed by atoms with van der Waals surface area (Å²) in [5.41, 5.74) is -0.132. The number of hydrazine groups is 1. The molecule has 6 N–H and O–H groups in total. The molecule has 0 aliphatic heterocycles. The van der Waals surface area contributed by atoms with Gasteiger partial charge in [0.05, 0.1) is 5.40 Å². The van der Waals surface area contributed by atoms with Gasteiger partial charge in [-0.25, -0.2) is 20.0 Å². The molecule has 0 aliphatic carbocycles. The lowest BCUT2D eigenvalue weighted by Gasteiger charge is -2.34. The quantitative estimate of drug-likeness (QED) is 0.131. The first-order valence-corrected chi connectivity index (χ1v) is 5.92. The number of anilines is 1. The number of amides is 2. The SMILES string of the molecule is BC(B)(O)C(O)(O)Oc1cc(F)ccc1N(N)C(=O)NC. The number of rotatable bonds is 4. The van der Waals surface area contributed by atoms with Crippen LogP contribution in [0.15, 0.2) is 18.2 Å². The Morgan fingerprint density at radius 1 is 1.43 bits per heavy atom. The van der Waals surface area contributed by atoms with E-state index in [2.05, 4.69) is 5.32 Å². The van der Waals surface area contributed by atoms with Crippen LogP contribution in [0.25, 0.3) is 0 Å². The molecule has 0 unspecified atom stereocenters. The fraction of sp³-hybridized carbons (Fsp3) is 0.300. The van der Waals surface area contributed by atoms with Crippen molar-refractivity contribution in [1.29, 1.82) is 0 Å². The highest BCUT2D eigenvalue weighted by Gasteiger charge is 2.43. The van der Waals surface area contributed by atoms with Gasteiger partial charge in [0, 0.05) is 13.1 Å². The van der Waals surface area contributed by atoms with Gasteiger partial charge in [-0.15, -0.1) is 0 Å². The van der Waals surface area contributed by atoms with Gasteiger partial charge in [0.2, 0.25) is 0 Å². The number of nitrogens with one attached hydrogen (secondary N) is 1. The maximum Gasteiger partial charge on any atom is 0.336 e. The van der Waals surface area contributed by atoms with Crippen LogP contribution in [-0.4, -0.2) is 55.5 Å².